The van der Waals surface area contributed by atoms with E-state index in [-0.39, 0.29) is 70.7 Å². The number of nitrogens with one attached hydrogen (secondary N) is 2. The molecule has 7 aliphatic rings. The van der Waals surface area contributed by atoms with Crippen molar-refractivity contribution in [2.45, 2.75) is 227 Å². The molecule has 0 unspecified atom stereocenters. The maximum atomic E-state index is 13.0. The maximum absolute atomic E-state index is 13.0. The van der Waals surface area contributed by atoms with Crippen LogP contribution in [0.1, 0.15) is 12.8 Å². The average molecular weight is 1640 g/mol. The van der Waals surface area contributed by atoms with E-state index in [0.717, 1.165) is 0 Å². The van der Waals surface area contributed by atoms with Crippen LogP contribution in [0.3, 0.4) is 0 Å². The molecule has 39 nitrogen and oxygen atoms in total. The Kier molecular flexibility index (Phi) is 41.4. The van der Waals surface area contributed by atoms with E-state index in [4.69, 9.17) is 161 Å². The topological polar surface area (TPSA) is 392 Å². The van der Waals surface area contributed by atoms with Crippen LogP contribution >= 0.6 is 25.3 Å². The van der Waals surface area contributed by atoms with Gasteiger partial charge in [0.25, 0.3) is 5.91 Å². The third-order valence-corrected chi connectivity index (χ3v) is 20.9. The lowest BCUT2D eigenvalue weighted by Gasteiger charge is -2.53. The summed E-state index contributed by atoms with van der Waals surface area (Å²) in [6.07, 6.45) is -34.6. The van der Waals surface area contributed by atoms with Gasteiger partial charge in [0.1, 0.15) is 159 Å². The summed E-state index contributed by atoms with van der Waals surface area (Å²) in [5.41, 5.74) is 0. The fourth-order valence-corrected chi connectivity index (χ4v) is 16.0. The first-order valence-corrected chi connectivity index (χ1v) is 37.4. The molecule has 7 aliphatic heterocycles. The smallest absolute Gasteiger partial charge is 0.279 e. The summed E-state index contributed by atoms with van der Waals surface area (Å²) < 4.78 is 215. The van der Waals surface area contributed by atoms with Gasteiger partial charge in [-0.15, -0.1) is 0 Å². The highest BCUT2D eigenvalue weighted by atomic mass is 32.1. The largest absolute Gasteiger partial charge is 0.382 e. The molecule has 7 fully saturated rings. The highest BCUT2D eigenvalue weighted by Crippen LogP contribution is 2.43. The number of hydrogen-bond acceptors (Lipinski definition) is 39. The fourth-order valence-electron chi connectivity index (χ4n) is 15.6. The van der Waals surface area contributed by atoms with Crippen molar-refractivity contribution in [2.24, 2.45) is 0 Å². The maximum Gasteiger partial charge on any atom is 0.279 e. The van der Waals surface area contributed by atoms with Gasteiger partial charge >= 0.3 is 0 Å². The first-order valence-electron chi connectivity index (χ1n) is 36.1. The van der Waals surface area contributed by atoms with Crippen LogP contribution < -0.4 is 10.6 Å². The monoisotopic (exact) mass is 1640 g/mol. The quantitative estimate of drug-likeness (QED) is 0.0315. The normalized spacial score (nSPS) is 42.0. The van der Waals surface area contributed by atoms with Crippen LogP contribution in [0, 0.1) is 0 Å². The Morgan fingerprint density at radius 2 is 0.518 bits per heavy atom. The van der Waals surface area contributed by atoms with Crippen molar-refractivity contribution < 1.29 is 176 Å². The van der Waals surface area contributed by atoms with Crippen LogP contribution in [0.5, 0.6) is 0 Å². The molecule has 0 radical (unpaired) electrons. The minimum absolute atomic E-state index is 0.0329. The third kappa shape index (κ3) is 22.4. The van der Waals surface area contributed by atoms with Gasteiger partial charge in [-0.25, -0.2) is 0 Å². The summed E-state index contributed by atoms with van der Waals surface area (Å²) in [5, 5.41) is 17.4. The summed E-state index contributed by atoms with van der Waals surface area (Å²) in [7, 11) is 30.9. The molecule has 0 bridgehead atoms. The number of carbonyl (C=O) groups is 2. The standard InChI is InChI=1S/C69H124N2O37S2/c1-75-26-33-42(70-40(72)22-24-109)49(82-8)56(89-15)63(96-33)102-43-34(27-76-2)97-64(57(90-16)50(43)83-9)103-44-35(28-77-3)98-65(58(91-17)51(44)84-10)104-45-36(29-78-4)99-66(59(92-18)52(45)85-11)105-46-37(30-79-5)100-67(60(93-19)53(46)86-12)106-47-38(31-80-6)101-68(61(94-20)54(47)87-13)107-48-39(32-81-7)108-69(74,71-41(73)23-25-110)62(95-21)55(48)88-14/h33-39,42-68,74,109-110H,22-32H2,1-21H3,(H,70,72)(H,71,73)/t33-,34-,35-,36-,37-,38-,39-,42-,43-,44-,45-,46-,47-,48-,49+,50+,51+,52+,53+,54+,55+,56-,57-,58-,59-,60-,61-,62-,63-,64-,65-,66-,67-,68-,69-/m1/s1. The van der Waals surface area contributed by atoms with Crippen molar-refractivity contribution in [3.8, 4) is 0 Å². The van der Waals surface area contributed by atoms with Crippen molar-refractivity contribution in [1.82, 2.24) is 10.6 Å². The number of ether oxygens (including phenoxy) is 34. The molecule has 110 heavy (non-hydrogen) atoms. The van der Waals surface area contributed by atoms with E-state index in [1.165, 1.54) is 149 Å². The van der Waals surface area contributed by atoms with Gasteiger partial charge in [-0.1, -0.05) is 0 Å². The predicted octanol–water partition coefficient (Wildman–Crippen LogP) is -2.33. The van der Waals surface area contributed by atoms with Gasteiger partial charge in [0, 0.05) is 162 Å². The van der Waals surface area contributed by atoms with Gasteiger partial charge in [-0.3, -0.25) is 9.59 Å². The van der Waals surface area contributed by atoms with E-state index in [0.29, 0.717) is 5.75 Å². The zero-order valence-electron chi connectivity index (χ0n) is 66.9. The Hall–Kier alpha value is -1.76. The number of rotatable bonds is 46. The van der Waals surface area contributed by atoms with E-state index in [2.05, 4.69) is 35.9 Å². The van der Waals surface area contributed by atoms with E-state index >= 15 is 0 Å². The Bertz CT molecular complexity index is 2590. The number of methoxy groups -OCH3 is 21. The zero-order valence-corrected chi connectivity index (χ0v) is 68.7. The summed E-state index contributed by atoms with van der Waals surface area (Å²) in [6.45, 7) is -0.434. The minimum Gasteiger partial charge on any atom is -0.382 e. The Morgan fingerprint density at radius 3 is 0.764 bits per heavy atom. The third-order valence-electron chi connectivity index (χ3n) is 20.5. The van der Waals surface area contributed by atoms with Crippen LogP contribution in [0.4, 0.5) is 0 Å². The van der Waals surface area contributed by atoms with E-state index < -0.39 is 220 Å². The zero-order chi connectivity index (χ0) is 80.5. The first kappa shape index (κ1) is 95.4. The van der Waals surface area contributed by atoms with Crippen LogP contribution in [-0.2, 0) is 171 Å². The molecule has 0 saturated carbocycles. The summed E-state index contributed by atoms with van der Waals surface area (Å²) in [4.78, 5) is 25.9. The SMILES string of the molecule is COC[C@H]1O[C@H](O[C@H]2[C@H](OC)[C@@H](OC)[C@@H](O[C@H]3[C@H](OC)[C@@H](OC)[C@@H](O[C@H]4[C@H](OC)[C@@H](OC)[C@@H](O[C@H]5[C@H](OC)[C@@H](OC)[C@@H](O[C@H]6[C@H](OC)[C@@H](OC)[C@@H](O[C@H]7[C@H](OC)[C@@H](OC)[C@](O)(NC(=O)CCS)O[C@@H]7COC)O[C@@H]6COC)O[C@@H]5COC)O[C@@H]4COC)O[C@@H]3COC)O[C@@H]2COC)[C@H](OC)[C@@H](OC)[C@@H]1NC(=O)CCS. The van der Waals surface area contributed by atoms with Crippen LogP contribution in [-0.4, -0.2) is 438 Å². The Labute approximate surface area is 655 Å². The highest BCUT2D eigenvalue weighted by molar-refractivity contribution is 7.80. The highest BCUT2D eigenvalue weighted by Gasteiger charge is 2.63. The van der Waals surface area contributed by atoms with Crippen LogP contribution in [0.25, 0.3) is 0 Å². The second kappa shape index (κ2) is 47.7. The average Bonchev–Trinajstić information content (AvgIpc) is 0.762. The molecule has 3 N–H and O–H groups in total. The molecule has 0 aliphatic carbocycles. The Balaban J connectivity index is 1.10. The number of aliphatic hydroxyl groups is 1. The fraction of sp³-hybridized carbons (Fsp3) is 0.971. The molecule has 7 heterocycles. The molecule has 644 valence electrons. The van der Waals surface area contributed by atoms with Gasteiger partial charge in [0.15, 0.2) is 43.8 Å². The van der Waals surface area contributed by atoms with Gasteiger partial charge < -0.3 is 177 Å². The van der Waals surface area contributed by atoms with E-state index in [1.807, 2.05) is 0 Å². The van der Waals surface area contributed by atoms with Crippen LogP contribution in [0.15, 0.2) is 0 Å². The van der Waals surface area contributed by atoms with Gasteiger partial charge in [0.2, 0.25) is 11.8 Å². The van der Waals surface area contributed by atoms with Crippen molar-refractivity contribution in [1.29, 1.82) is 0 Å². The molecular formula is C69H124N2O37S2. The van der Waals surface area contributed by atoms with Gasteiger partial charge in [-0.05, 0) is 11.5 Å². The molecule has 35 atom stereocenters. The minimum atomic E-state index is -2.39. The number of hydrogen-bond donors (Lipinski definition) is 5. The molecule has 7 saturated heterocycles. The van der Waals surface area contributed by atoms with Gasteiger partial charge in [0.05, 0.1) is 52.3 Å². The van der Waals surface area contributed by atoms with E-state index in [1.54, 1.807) is 0 Å². The summed E-state index contributed by atoms with van der Waals surface area (Å²) >= 11 is 8.40. The van der Waals surface area contributed by atoms with Gasteiger partial charge in [-0.2, -0.15) is 25.3 Å². The van der Waals surface area contributed by atoms with Crippen molar-refractivity contribution >= 4 is 37.1 Å². The molecule has 7 rings (SSSR count). The molecule has 41 heteroatoms. The molecule has 0 aromatic carbocycles. The number of carbonyl (C=O) groups excluding carboxylic acids is 2. The lowest BCUT2D eigenvalue weighted by atomic mass is 9.94. The van der Waals surface area contributed by atoms with Crippen LogP contribution in [0.2, 0.25) is 0 Å². The number of thiol groups is 2. The predicted molar refractivity (Wildman–Crippen MR) is 382 cm³/mol. The van der Waals surface area contributed by atoms with E-state index in [9.17, 15) is 14.7 Å². The first-order chi connectivity index (χ1) is 53.2. The van der Waals surface area contributed by atoms with Crippen molar-refractivity contribution in [3.05, 3.63) is 0 Å². The van der Waals surface area contributed by atoms with Crippen molar-refractivity contribution in [3.63, 3.8) is 0 Å². The molecule has 0 spiro atoms. The second-order valence-corrected chi connectivity index (χ2v) is 27.6. The summed E-state index contributed by atoms with van der Waals surface area (Å²) in [6, 6.07) is -0.701. The molecule has 0 aromatic heterocycles. The molecular weight excluding hydrogens is 1510 g/mol. The molecule has 2 amide bonds. The lowest BCUT2D eigenvalue weighted by Crippen LogP contribution is -2.73. The lowest BCUT2D eigenvalue weighted by molar-refractivity contribution is -0.408. The molecule has 0 aromatic rings. The summed E-state index contributed by atoms with van der Waals surface area (Å²) in [5.74, 6) is -2.69. The Morgan fingerprint density at radius 1 is 0.291 bits per heavy atom. The second-order valence-electron chi connectivity index (χ2n) is 26.8. The van der Waals surface area contributed by atoms with Crippen molar-refractivity contribution in [2.75, 3.05) is 207 Å². The number of amides is 2.